The standard InChI is InChI=1S/C18H14ClNO4/c1-24-13-8-4-11(5-9-13)16(21)14-15(20-18(23)17(14)22)10-2-6-12(19)7-3-10/h2-9,15,21H,1H3,(H,20,23)/b16-14+/t15-/m1/s1. The Kier molecular flexibility index (Phi) is 4.27. The molecule has 0 saturated carbocycles. The zero-order valence-electron chi connectivity index (χ0n) is 12.7. The van der Waals surface area contributed by atoms with E-state index in [2.05, 4.69) is 5.32 Å². The van der Waals surface area contributed by atoms with Crippen LogP contribution in [0.3, 0.4) is 0 Å². The lowest BCUT2D eigenvalue weighted by Gasteiger charge is -2.14. The molecule has 1 aliphatic heterocycles. The van der Waals surface area contributed by atoms with Gasteiger partial charge in [0.2, 0.25) is 0 Å². The number of aliphatic hydroxyl groups is 1. The molecule has 5 nitrogen and oxygen atoms in total. The zero-order chi connectivity index (χ0) is 17.3. The van der Waals surface area contributed by atoms with Crippen LogP contribution in [0, 0.1) is 0 Å². The molecule has 1 aliphatic rings. The number of carbonyl (C=O) groups excluding carboxylic acids is 2. The van der Waals surface area contributed by atoms with Crippen molar-refractivity contribution in [3.63, 3.8) is 0 Å². The van der Waals surface area contributed by atoms with Gasteiger partial charge in [0.15, 0.2) is 0 Å². The van der Waals surface area contributed by atoms with Gasteiger partial charge in [-0.25, -0.2) is 0 Å². The second-order valence-corrected chi connectivity index (χ2v) is 5.71. The average Bonchev–Trinajstić information content (AvgIpc) is 2.90. The van der Waals surface area contributed by atoms with E-state index in [0.29, 0.717) is 21.9 Å². The maximum atomic E-state index is 12.2. The molecule has 0 spiro atoms. The molecule has 0 bridgehead atoms. The molecule has 1 amide bonds. The van der Waals surface area contributed by atoms with Gasteiger partial charge < -0.3 is 15.2 Å². The van der Waals surface area contributed by atoms with Gasteiger partial charge in [0, 0.05) is 10.6 Å². The van der Waals surface area contributed by atoms with Crippen LogP contribution in [0.4, 0.5) is 0 Å². The van der Waals surface area contributed by atoms with Crippen LogP contribution in [0.25, 0.3) is 5.76 Å². The molecule has 6 heteroatoms. The molecule has 1 heterocycles. The first-order valence-electron chi connectivity index (χ1n) is 7.19. The summed E-state index contributed by atoms with van der Waals surface area (Å²) < 4.78 is 5.07. The first-order valence-corrected chi connectivity index (χ1v) is 7.57. The van der Waals surface area contributed by atoms with E-state index < -0.39 is 17.7 Å². The summed E-state index contributed by atoms with van der Waals surface area (Å²) in [7, 11) is 1.53. The van der Waals surface area contributed by atoms with E-state index in [1.54, 1.807) is 48.5 Å². The minimum atomic E-state index is -0.747. The number of ketones is 1. The highest BCUT2D eigenvalue weighted by atomic mass is 35.5. The number of aliphatic hydroxyl groups excluding tert-OH is 1. The fourth-order valence-corrected chi connectivity index (χ4v) is 2.70. The highest BCUT2D eigenvalue weighted by Gasteiger charge is 2.39. The number of nitrogens with one attached hydrogen (secondary N) is 1. The Morgan fingerprint density at radius 3 is 2.29 bits per heavy atom. The molecule has 1 fully saturated rings. The van der Waals surface area contributed by atoms with Crippen LogP contribution in [-0.2, 0) is 9.59 Å². The fraction of sp³-hybridized carbons (Fsp3) is 0.111. The Hall–Kier alpha value is -2.79. The molecule has 2 aromatic rings. The smallest absolute Gasteiger partial charge is 0.293 e. The molecule has 0 radical (unpaired) electrons. The summed E-state index contributed by atoms with van der Waals surface area (Å²) in [5.74, 6) is -1.10. The minimum Gasteiger partial charge on any atom is -0.507 e. The Morgan fingerprint density at radius 2 is 1.71 bits per heavy atom. The van der Waals surface area contributed by atoms with Gasteiger partial charge in [0.25, 0.3) is 11.7 Å². The van der Waals surface area contributed by atoms with Crippen LogP contribution < -0.4 is 10.1 Å². The molecule has 0 aromatic heterocycles. The maximum absolute atomic E-state index is 12.2. The number of rotatable bonds is 3. The van der Waals surface area contributed by atoms with Crippen molar-refractivity contribution >= 4 is 29.1 Å². The lowest BCUT2D eigenvalue weighted by Crippen LogP contribution is -2.21. The third-order valence-corrected chi connectivity index (χ3v) is 4.09. The predicted octanol–water partition coefficient (Wildman–Crippen LogP) is 3.06. The van der Waals surface area contributed by atoms with Crippen LogP contribution in [0.1, 0.15) is 17.2 Å². The van der Waals surface area contributed by atoms with E-state index in [0.717, 1.165) is 0 Å². The third-order valence-electron chi connectivity index (χ3n) is 3.84. The van der Waals surface area contributed by atoms with Crippen molar-refractivity contribution in [1.29, 1.82) is 0 Å². The van der Waals surface area contributed by atoms with Gasteiger partial charge in [-0.05, 0) is 42.0 Å². The molecule has 0 aliphatic carbocycles. The van der Waals surface area contributed by atoms with Gasteiger partial charge >= 0.3 is 0 Å². The monoisotopic (exact) mass is 343 g/mol. The molecular weight excluding hydrogens is 330 g/mol. The number of hydrogen-bond donors (Lipinski definition) is 2. The van der Waals surface area contributed by atoms with E-state index in [-0.39, 0.29) is 11.3 Å². The van der Waals surface area contributed by atoms with Crippen molar-refractivity contribution in [2.45, 2.75) is 6.04 Å². The Bertz CT molecular complexity index is 825. The first-order chi connectivity index (χ1) is 11.5. The molecule has 24 heavy (non-hydrogen) atoms. The van der Waals surface area contributed by atoms with Gasteiger partial charge in [-0.15, -0.1) is 0 Å². The quantitative estimate of drug-likeness (QED) is 0.510. The summed E-state index contributed by atoms with van der Waals surface area (Å²) in [6.07, 6.45) is 0. The second-order valence-electron chi connectivity index (χ2n) is 5.28. The highest BCUT2D eigenvalue weighted by Crippen LogP contribution is 2.33. The van der Waals surface area contributed by atoms with Gasteiger partial charge in [-0.3, -0.25) is 9.59 Å². The van der Waals surface area contributed by atoms with Crippen molar-refractivity contribution in [2.75, 3.05) is 7.11 Å². The summed E-state index contributed by atoms with van der Waals surface area (Å²) in [5.41, 5.74) is 1.11. The van der Waals surface area contributed by atoms with Crippen LogP contribution in [0.5, 0.6) is 5.75 Å². The van der Waals surface area contributed by atoms with Crippen LogP contribution >= 0.6 is 11.6 Å². The number of Topliss-reactive ketones (excluding diaryl/α,β-unsaturated/α-hetero) is 1. The molecule has 0 unspecified atom stereocenters. The number of methoxy groups -OCH3 is 1. The SMILES string of the molecule is COc1ccc(/C(O)=C2\C(=O)C(=O)N[C@@H]2c2ccc(Cl)cc2)cc1. The van der Waals surface area contributed by atoms with Crippen molar-refractivity contribution in [2.24, 2.45) is 0 Å². The molecule has 3 rings (SSSR count). The second kappa shape index (κ2) is 6.37. The molecule has 2 aromatic carbocycles. The fourth-order valence-electron chi connectivity index (χ4n) is 2.58. The van der Waals surface area contributed by atoms with Crippen LogP contribution in [0.15, 0.2) is 54.1 Å². The molecule has 1 atom stereocenters. The van der Waals surface area contributed by atoms with Crippen LogP contribution in [0.2, 0.25) is 5.02 Å². The van der Waals surface area contributed by atoms with Crippen molar-refractivity contribution in [3.8, 4) is 5.75 Å². The molecule has 122 valence electrons. The van der Waals surface area contributed by atoms with E-state index in [1.165, 1.54) is 7.11 Å². The number of amides is 1. The van der Waals surface area contributed by atoms with E-state index in [4.69, 9.17) is 16.3 Å². The number of halogens is 1. The average molecular weight is 344 g/mol. The lowest BCUT2D eigenvalue weighted by atomic mass is 9.96. The van der Waals surface area contributed by atoms with E-state index in [9.17, 15) is 14.7 Å². The maximum Gasteiger partial charge on any atom is 0.293 e. The van der Waals surface area contributed by atoms with E-state index >= 15 is 0 Å². The van der Waals surface area contributed by atoms with Gasteiger partial charge in [0.05, 0.1) is 18.7 Å². The largest absolute Gasteiger partial charge is 0.507 e. The molecule has 2 N–H and O–H groups in total. The third kappa shape index (κ3) is 2.86. The summed E-state index contributed by atoms with van der Waals surface area (Å²) in [6, 6.07) is 12.6. The Labute approximate surface area is 143 Å². The van der Waals surface area contributed by atoms with Crippen molar-refractivity contribution in [3.05, 3.63) is 70.3 Å². The Balaban J connectivity index is 2.07. The minimum absolute atomic E-state index is 0.0208. The first kappa shape index (κ1) is 16.1. The van der Waals surface area contributed by atoms with Gasteiger partial charge in [-0.2, -0.15) is 0 Å². The number of hydrogen-bond acceptors (Lipinski definition) is 4. The number of ether oxygens (including phenoxy) is 1. The van der Waals surface area contributed by atoms with Gasteiger partial charge in [0.1, 0.15) is 11.5 Å². The van der Waals surface area contributed by atoms with Gasteiger partial charge in [-0.1, -0.05) is 23.7 Å². The van der Waals surface area contributed by atoms with Crippen molar-refractivity contribution < 1.29 is 19.4 Å². The Morgan fingerprint density at radius 1 is 1.08 bits per heavy atom. The summed E-state index contributed by atoms with van der Waals surface area (Å²) in [4.78, 5) is 24.0. The number of benzene rings is 2. The predicted molar refractivity (Wildman–Crippen MR) is 89.9 cm³/mol. The highest BCUT2D eigenvalue weighted by molar-refractivity contribution is 6.46. The summed E-state index contributed by atoms with van der Waals surface area (Å²) in [5, 5.41) is 13.7. The zero-order valence-corrected chi connectivity index (χ0v) is 13.5. The lowest BCUT2D eigenvalue weighted by molar-refractivity contribution is -0.133. The summed E-state index contributed by atoms with van der Waals surface area (Å²) >= 11 is 5.87. The normalized spacial score (nSPS) is 19.2. The topological polar surface area (TPSA) is 75.6 Å². The summed E-state index contributed by atoms with van der Waals surface area (Å²) in [6.45, 7) is 0. The molecular formula is C18H14ClNO4. The number of carbonyl (C=O) groups is 2. The molecule has 1 saturated heterocycles. The van der Waals surface area contributed by atoms with Crippen LogP contribution in [-0.4, -0.2) is 23.9 Å². The van der Waals surface area contributed by atoms with Crippen molar-refractivity contribution in [1.82, 2.24) is 5.32 Å². The van der Waals surface area contributed by atoms with E-state index in [1.807, 2.05) is 0 Å².